The molecule has 0 atom stereocenters. The molecule has 0 unspecified atom stereocenters. The molecule has 3 heterocycles. The number of fused-ring (bicyclic) bond motifs is 1. The average molecular weight is 434 g/mol. The van der Waals surface area contributed by atoms with Gasteiger partial charge in [0.1, 0.15) is 11.3 Å². The van der Waals surface area contributed by atoms with Gasteiger partial charge in [-0.1, -0.05) is 31.4 Å². The minimum atomic E-state index is -0.200. The van der Waals surface area contributed by atoms with E-state index in [4.69, 9.17) is 4.42 Å². The number of carbonyl (C=O) groups excluding carboxylic acids is 2. The van der Waals surface area contributed by atoms with E-state index in [-0.39, 0.29) is 23.5 Å². The Kier molecular flexibility index (Phi) is 5.75. The molecule has 3 aromatic rings. The van der Waals surface area contributed by atoms with Gasteiger partial charge in [0.2, 0.25) is 17.6 Å². The lowest BCUT2D eigenvalue weighted by Gasteiger charge is -2.34. The molecule has 32 heavy (non-hydrogen) atoms. The van der Waals surface area contributed by atoms with Crippen LogP contribution in [0.1, 0.15) is 42.7 Å². The van der Waals surface area contributed by atoms with E-state index in [0.29, 0.717) is 43.4 Å². The molecule has 1 aliphatic carbocycles. The molecule has 0 bridgehead atoms. The summed E-state index contributed by atoms with van der Waals surface area (Å²) in [5.74, 6) is 0.656. The fraction of sp³-hybridized carbons (Fsp3) is 0.417. The Morgan fingerprint density at radius 3 is 2.41 bits per heavy atom. The van der Waals surface area contributed by atoms with Crippen LogP contribution in [0, 0.1) is 5.92 Å². The molecular formula is C24H27N5O3. The fourth-order valence-corrected chi connectivity index (χ4v) is 4.62. The number of rotatable bonds is 4. The summed E-state index contributed by atoms with van der Waals surface area (Å²) in [6.07, 6.45) is 8.56. The third kappa shape index (κ3) is 4.04. The Bertz CT molecular complexity index is 1100. The Hall–Kier alpha value is -3.42. The maximum absolute atomic E-state index is 13.4. The number of furan rings is 1. The monoisotopic (exact) mass is 433 g/mol. The molecule has 5 rings (SSSR count). The molecule has 0 radical (unpaired) electrons. The van der Waals surface area contributed by atoms with Crippen molar-refractivity contribution in [2.75, 3.05) is 36.4 Å². The van der Waals surface area contributed by atoms with Crippen molar-refractivity contribution in [2.24, 2.45) is 5.92 Å². The topological polar surface area (TPSA) is 91.6 Å². The molecule has 0 spiro atoms. The summed E-state index contributed by atoms with van der Waals surface area (Å²) >= 11 is 0. The van der Waals surface area contributed by atoms with Crippen LogP contribution in [0.15, 0.2) is 47.1 Å². The zero-order chi connectivity index (χ0) is 21.9. The van der Waals surface area contributed by atoms with E-state index in [9.17, 15) is 9.59 Å². The second-order valence-corrected chi connectivity index (χ2v) is 8.45. The number of piperazine rings is 1. The van der Waals surface area contributed by atoms with E-state index >= 15 is 0 Å². The fourth-order valence-electron chi connectivity index (χ4n) is 4.62. The van der Waals surface area contributed by atoms with Crippen molar-refractivity contribution in [3.63, 3.8) is 0 Å². The summed E-state index contributed by atoms with van der Waals surface area (Å²) in [4.78, 5) is 38.8. The third-order valence-electron chi connectivity index (χ3n) is 6.42. The Morgan fingerprint density at radius 2 is 1.66 bits per heavy atom. The van der Waals surface area contributed by atoms with Crippen molar-refractivity contribution in [2.45, 2.75) is 32.1 Å². The highest BCUT2D eigenvalue weighted by Gasteiger charge is 2.30. The summed E-state index contributed by atoms with van der Waals surface area (Å²) < 4.78 is 5.97. The minimum absolute atomic E-state index is 0.00483. The first-order chi connectivity index (χ1) is 15.7. The van der Waals surface area contributed by atoms with Crippen LogP contribution in [0.25, 0.3) is 11.0 Å². The number of para-hydroxylation sites is 1. The van der Waals surface area contributed by atoms with Crippen LogP contribution in [0.2, 0.25) is 0 Å². The molecule has 1 aromatic carbocycles. The molecule has 2 aliphatic rings. The van der Waals surface area contributed by atoms with Gasteiger partial charge in [-0.15, -0.1) is 0 Å². The van der Waals surface area contributed by atoms with Crippen molar-refractivity contribution in [1.82, 2.24) is 14.9 Å². The zero-order valence-electron chi connectivity index (χ0n) is 18.0. The largest absolute Gasteiger partial charge is 0.449 e. The predicted molar refractivity (Wildman–Crippen MR) is 122 cm³/mol. The Morgan fingerprint density at radius 1 is 0.938 bits per heavy atom. The van der Waals surface area contributed by atoms with Crippen molar-refractivity contribution < 1.29 is 14.0 Å². The number of anilines is 2. The summed E-state index contributed by atoms with van der Waals surface area (Å²) in [5, 5.41) is 3.81. The SMILES string of the molecule is O=C(Nc1c(C(=O)N2CCN(c3ncccn3)CC2)oc2ccccc12)C1CCCCC1. The molecule has 1 aliphatic heterocycles. The lowest BCUT2D eigenvalue weighted by Crippen LogP contribution is -2.49. The number of carbonyl (C=O) groups is 2. The van der Waals surface area contributed by atoms with Gasteiger partial charge < -0.3 is 19.5 Å². The lowest BCUT2D eigenvalue weighted by atomic mass is 9.88. The predicted octanol–water partition coefficient (Wildman–Crippen LogP) is 3.70. The maximum atomic E-state index is 13.4. The van der Waals surface area contributed by atoms with Crippen LogP contribution >= 0.6 is 0 Å². The van der Waals surface area contributed by atoms with Crippen LogP contribution in [0.3, 0.4) is 0 Å². The van der Waals surface area contributed by atoms with E-state index in [1.165, 1.54) is 6.42 Å². The highest BCUT2D eigenvalue weighted by molar-refractivity contribution is 6.11. The van der Waals surface area contributed by atoms with Crippen molar-refractivity contribution in [3.05, 3.63) is 48.5 Å². The summed E-state index contributed by atoms with van der Waals surface area (Å²) in [6, 6.07) is 9.25. The first-order valence-corrected chi connectivity index (χ1v) is 11.3. The molecule has 1 N–H and O–H groups in total. The van der Waals surface area contributed by atoms with Gasteiger partial charge in [-0.05, 0) is 31.0 Å². The van der Waals surface area contributed by atoms with Gasteiger partial charge in [0.15, 0.2) is 0 Å². The maximum Gasteiger partial charge on any atom is 0.291 e. The molecular weight excluding hydrogens is 406 g/mol. The zero-order valence-corrected chi connectivity index (χ0v) is 18.0. The first kappa shape index (κ1) is 20.5. The number of hydrogen-bond donors (Lipinski definition) is 1. The van der Waals surface area contributed by atoms with Gasteiger partial charge in [0.05, 0.1) is 0 Å². The minimum Gasteiger partial charge on any atom is -0.449 e. The van der Waals surface area contributed by atoms with Gasteiger partial charge >= 0.3 is 0 Å². The summed E-state index contributed by atoms with van der Waals surface area (Å²) in [6.45, 7) is 2.34. The van der Waals surface area contributed by atoms with Gasteiger partial charge in [0, 0.05) is 49.9 Å². The molecule has 8 heteroatoms. The van der Waals surface area contributed by atoms with Crippen molar-refractivity contribution in [1.29, 1.82) is 0 Å². The summed E-state index contributed by atoms with van der Waals surface area (Å²) in [7, 11) is 0. The highest BCUT2D eigenvalue weighted by Crippen LogP contribution is 2.34. The second kappa shape index (κ2) is 8.98. The van der Waals surface area contributed by atoms with E-state index in [1.54, 1.807) is 23.4 Å². The van der Waals surface area contributed by atoms with Gasteiger partial charge in [-0.3, -0.25) is 9.59 Å². The highest BCUT2D eigenvalue weighted by atomic mass is 16.3. The molecule has 2 aromatic heterocycles. The molecule has 8 nitrogen and oxygen atoms in total. The van der Waals surface area contributed by atoms with E-state index < -0.39 is 0 Å². The smallest absolute Gasteiger partial charge is 0.291 e. The van der Waals surface area contributed by atoms with Gasteiger partial charge in [-0.25, -0.2) is 9.97 Å². The van der Waals surface area contributed by atoms with Crippen LogP contribution in [0.5, 0.6) is 0 Å². The third-order valence-corrected chi connectivity index (χ3v) is 6.42. The summed E-state index contributed by atoms with van der Waals surface area (Å²) in [5.41, 5.74) is 1.10. The van der Waals surface area contributed by atoms with Gasteiger partial charge in [0.25, 0.3) is 5.91 Å². The number of nitrogens with zero attached hydrogens (tertiary/aromatic N) is 4. The molecule has 2 fully saturated rings. The Labute approximate surface area is 186 Å². The quantitative estimate of drug-likeness (QED) is 0.675. The number of amides is 2. The normalized spacial score (nSPS) is 17.5. The lowest BCUT2D eigenvalue weighted by molar-refractivity contribution is -0.120. The standard InChI is InChI=1S/C24H27N5O3/c30-22(17-7-2-1-3-8-17)27-20-18-9-4-5-10-19(18)32-21(20)23(31)28-13-15-29(16-14-28)24-25-11-6-12-26-24/h4-6,9-12,17H,1-3,7-8,13-16H2,(H,27,30). The number of aromatic nitrogens is 2. The first-order valence-electron chi connectivity index (χ1n) is 11.3. The Balaban J connectivity index is 1.36. The molecule has 1 saturated carbocycles. The van der Waals surface area contributed by atoms with E-state index in [0.717, 1.165) is 31.1 Å². The van der Waals surface area contributed by atoms with Crippen molar-refractivity contribution in [3.8, 4) is 0 Å². The second-order valence-electron chi connectivity index (χ2n) is 8.45. The molecule has 1 saturated heterocycles. The number of nitrogens with one attached hydrogen (secondary N) is 1. The van der Waals surface area contributed by atoms with Crippen LogP contribution < -0.4 is 10.2 Å². The molecule has 2 amide bonds. The average Bonchev–Trinajstić information content (AvgIpc) is 3.23. The number of benzene rings is 1. The van der Waals surface area contributed by atoms with E-state index in [2.05, 4.69) is 20.2 Å². The van der Waals surface area contributed by atoms with Crippen LogP contribution in [-0.2, 0) is 4.79 Å². The van der Waals surface area contributed by atoms with Crippen LogP contribution in [-0.4, -0.2) is 52.9 Å². The number of hydrogen-bond acceptors (Lipinski definition) is 6. The van der Waals surface area contributed by atoms with Crippen LogP contribution in [0.4, 0.5) is 11.6 Å². The molecule has 166 valence electrons. The van der Waals surface area contributed by atoms with Crippen molar-refractivity contribution >= 4 is 34.4 Å². The van der Waals surface area contributed by atoms with Gasteiger partial charge in [-0.2, -0.15) is 0 Å². The van der Waals surface area contributed by atoms with E-state index in [1.807, 2.05) is 24.3 Å².